The van der Waals surface area contributed by atoms with Crippen molar-refractivity contribution in [3.8, 4) is 5.75 Å². The molecule has 10 nitrogen and oxygen atoms in total. The van der Waals surface area contributed by atoms with Crippen molar-refractivity contribution in [1.82, 2.24) is 19.9 Å². The highest BCUT2D eigenvalue weighted by Gasteiger charge is 2.41. The van der Waals surface area contributed by atoms with Crippen molar-refractivity contribution in [2.24, 2.45) is 11.3 Å². The summed E-state index contributed by atoms with van der Waals surface area (Å²) in [6.45, 7) is 4.42. The largest absolute Gasteiger partial charge is 0.486 e. The zero-order valence-corrected chi connectivity index (χ0v) is 23.6. The van der Waals surface area contributed by atoms with Gasteiger partial charge in [-0.25, -0.2) is 15.0 Å². The topological polar surface area (TPSA) is 112 Å². The van der Waals surface area contributed by atoms with Gasteiger partial charge in [0.05, 0.1) is 23.7 Å². The number of rotatable bonds is 7. The molecule has 2 atom stereocenters. The zero-order valence-electron chi connectivity index (χ0n) is 22.8. The first-order valence-electron chi connectivity index (χ1n) is 14.0. The average Bonchev–Trinajstić information content (AvgIpc) is 3.56. The van der Waals surface area contributed by atoms with E-state index in [4.69, 9.17) is 29.9 Å². The summed E-state index contributed by atoms with van der Waals surface area (Å²) in [6.07, 6.45) is 11.1. The number of anilines is 3. The van der Waals surface area contributed by atoms with Crippen LogP contribution in [0.1, 0.15) is 30.5 Å². The number of hydrogen-bond acceptors (Lipinski definition) is 11. The maximum absolute atomic E-state index is 6.47. The highest BCUT2D eigenvalue weighted by Crippen LogP contribution is 2.47. The molecule has 6 heterocycles. The highest BCUT2D eigenvalue weighted by atomic mass is 32.2. The Bertz CT molecular complexity index is 1360. The third-order valence-electron chi connectivity index (χ3n) is 8.80. The first-order chi connectivity index (χ1) is 19.6. The number of hydrogen-bond donors (Lipinski definition) is 1. The lowest BCUT2D eigenvalue weighted by molar-refractivity contribution is -0.0414. The van der Waals surface area contributed by atoms with Crippen LogP contribution in [0, 0.1) is 11.3 Å². The van der Waals surface area contributed by atoms with Crippen molar-refractivity contribution < 1.29 is 14.2 Å². The number of piperidine rings is 1. The van der Waals surface area contributed by atoms with Gasteiger partial charge in [0.25, 0.3) is 0 Å². The smallest absolute Gasteiger partial charge is 0.175 e. The molecule has 0 amide bonds. The van der Waals surface area contributed by atoms with Gasteiger partial charge in [-0.05, 0) is 55.2 Å². The van der Waals surface area contributed by atoms with Crippen LogP contribution in [0.3, 0.4) is 0 Å². The Balaban J connectivity index is 1.01. The van der Waals surface area contributed by atoms with Crippen molar-refractivity contribution in [3.63, 3.8) is 0 Å². The van der Waals surface area contributed by atoms with Crippen LogP contribution >= 0.6 is 11.8 Å². The van der Waals surface area contributed by atoms with Gasteiger partial charge in [0.15, 0.2) is 17.4 Å². The third kappa shape index (κ3) is 4.84. The fourth-order valence-corrected chi connectivity index (χ4v) is 7.60. The molecule has 0 saturated carbocycles. The molecule has 3 aromatic rings. The monoisotopic (exact) mass is 561 g/mol. The number of fused-ring (bicyclic) bond motifs is 4. The van der Waals surface area contributed by atoms with Crippen LogP contribution in [0.4, 0.5) is 17.5 Å². The van der Waals surface area contributed by atoms with Crippen molar-refractivity contribution >= 4 is 29.2 Å². The Morgan fingerprint density at radius 3 is 2.88 bits per heavy atom. The Morgan fingerprint density at radius 1 is 1.15 bits per heavy atom. The Labute approximate surface area is 238 Å². The average molecular weight is 562 g/mol. The van der Waals surface area contributed by atoms with E-state index in [-0.39, 0.29) is 0 Å². The van der Waals surface area contributed by atoms with Crippen molar-refractivity contribution in [3.05, 3.63) is 48.0 Å². The Morgan fingerprint density at radius 2 is 2.05 bits per heavy atom. The van der Waals surface area contributed by atoms with Gasteiger partial charge >= 0.3 is 0 Å². The second-order valence-electron chi connectivity index (χ2n) is 11.4. The molecule has 1 aliphatic carbocycles. The Kier molecular flexibility index (Phi) is 6.89. The van der Waals surface area contributed by atoms with Crippen molar-refractivity contribution in [2.45, 2.75) is 48.1 Å². The van der Waals surface area contributed by atoms with E-state index in [1.54, 1.807) is 7.11 Å². The summed E-state index contributed by atoms with van der Waals surface area (Å²) in [5.74, 6) is 3.38. The highest BCUT2D eigenvalue weighted by molar-refractivity contribution is 7.99. The first-order valence-corrected chi connectivity index (χ1v) is 14.9. The molecule has 3 aliphatic heterocycles. The van der Waals surface area contributed by atoms with Gasteiger partial charge in [0, 0.05) is 50.7 Å². The van der Waals surface area contributed by atoms with E-state index >= 15 is 0 Å². The van der Waals surface area contributed by atoms with Gasteiger partial charge in [-0.3, -0.25) is 4.98 Å². The third-order valence-corrected chi connectivity index (χ3v) is 9.85. The maximum Gasteiger partial charge on any atom is 0.175 e. The second-order valence-corrected chi connectivity index (χ2v) is 12.5. The number of methoxy groups -OCH3 is 1. The lowest BCUT2D eigenvalue weighted by Gasteiger charge is -2.39. The molecule has 40 heavy (non-hydrogen) atoms. The number of nitrogens with zero attached hydrogens (tertiary/aromatic N) is 6. The minimum Gasteiger partial charge on any atom is -0.486 e. The summed E-state index contributed by atoms with van der Waals surface area (Å²) in [5, 5.41) is 0.681. The van der Waals surface area contributed by atoms with Crippen LogP contribution < -0.4 is 20.3 Å². The normalized spacial score (nSPS) is 22.6. The van der Waals surface area contributed by atoms with Gasteiger partial charge in [-0.1, -0.05) is 17.8 Å². The SMILES string of the molecule is COCOC[C@H]1C[C@@H]2COc3c(Sc4ncc(N5CCC6(CC5)Cc5cccnc5C6)nc4N)ccnc3N2C1. The van der Waals surface area contributed by atoms with E-state index in [1.165, 1.54) is 23.0 Å². The number of ether oxygens (including phenoxy) is 3. The molecule has 0 unspecified atom stereocenters. The summed E-state index contributed by atoms with van der Waals surface area (Å²) in [4.78, 5) is 24.4. The predicted molar refractivity (Wildman–Crippen MR) is 153 cm³/mol. The molecule has 0 bridgehead atoms. The quantitative estimate of drug-likeness (QED) is 0.337. The van der Waals surface area contributed by atoms with Crippen molar-refractivity contribution in [2.75, 3.05) is 62.3 Å². The Hall–Kier alpha value is -3.15. The molecule has 0 aromatic carbocycles. The van der Waals surface area contributed by atoms with Gasteiger partial charge in [0.1, 0.15) is 24.2 Å². The summed E-state index contributed by atoms with van der Waals surface area (Å²) in [7, 11) is 1.64. The number of nitrogens with two attached hydrogens (primary N) is 1. The first kappa shape index (κ1) is 25.8. The maximum atomic E-state index is 6.47. The van der Waals surface area contributed by atoms with E-state index in [1.807, 2.05) is 24.7 Å². The molecule has 0 radical (unpaired) electrons. The molecule has 2 saturated heterocycles. The van der Waals surface area contributed by atoms with E-state index in [0.717, 1.165) is 74.0 Å². The number of nitrogen functional groups attached to an aromatic ring is 1. The fourth-order valence-electron chi connectivity index (χ4n) is 6.76. The van der Waals surface area contributed by atoms with Crippen LogP contribution in [-0.4, -0.2) is 72.7 Å². The lowest BCUT2D eigenvalue weighted by atomic mass is 9.76. The molecule has 2 N–H and O–H groups in total. The van der Waals surface area contributed by atoms with Gasteiger partial charge in [-0.2, -0.15) is 0 Å². The molecular formula is C29H35N7O3S. The van der Waals surface area contributed by atoms with E-state index < -0.39 is 0 Å². The zero-order chi connectivity index (χ0) is 27.1. The number of pyridine rings is 2. The van der Waals surface area contributed by atoms with E-state index in [9.17, 15) is 0 Å². The molecule has 11 heteroatoms. The van der Waals surface area contributed by atoms with E-state index in [0.29, 0.717) is 48.2 Å². The minimum absolute atomic E-state index is 0.305. The lowest BCUT2D eigenvalue weighted by Crippen LogP contribution is -2.41. The minimum atomic E-state index is 0.305. The van der Waals surface area contributed by atoms with Gasteiger partial charge < -0.3 is 29.7 Å². The summed E-state index contributed by atoms with van der Waals surface area (Å²) in [6, 6.07) is 6.56. The van der Waals surface area contributed by atoms with Crippen LogP contribution in [-0.2, 0) is 22.3 Å². The second kappa shape index (κ2) is 10.7. The molecule has 3 aromatic heterocycles. The van der Waals surface area contributed by atoms with Crippen LogP contribution in [0.2, 0.25) is 0 Å². The molecule has 2 fully saturated rings. The number of aromatic nitrogens is 4. The van der Waals surface area contributed by atoms with Gasteiger partial charge in [-0.15, -0.1) is 0 Å². The van der Waals surface area contributed by atoms with Crippen LogP contribution in [0.25, 0.3) is 0 Å². The molecular weight excluding hydrogens is 526 g/mol. The van der Waals surface area contributed by atoms with Gasteiger partial charge in [0.2, 0.25) is 0 Å². The van der Waals surface area contributed by atoms with Crippen molar-refractivity contribution in [1.29, 1.82) is 0 Å². The molecule has 7 rings (SSSR count). The predicted octanol–water partition coefficient (Wildman–Crippen LogP) is 3.59. The van der Waals surface area contributed by atoms with Crippen LogP contribution in [0.15, 0.2) is 46.7 Å². The molecule has 4 aliphatic rings. The van der Waals surface area contributed by atoms with E-state index in [2.05, 4.69) is 31.9 Å². The van der Waals surface area contributed by atoms with Crippen LogP contribution in [0.5, 0.6) is 5.75 Å². The standard InChI is InChI=1S/C29H35N7O3S/c1-37-18-38-16-19-11-21-17-39-25-23(4-8-32-27(25)36(21)15-19)40-28-26(30)34-24(14-33-28)35-9-5-29(6-10-35)12-20-3-2-7-31-22(20)13-29/h2-4,7-8,14,19,21H,5-6,9-13,15-18H2,1H3,(H2,30,34)/t19-,21+/m0/s1. The molecule has 210 valence electrons. The summed E-state index contributed by atoms with van der Waals surface area (Å²) >= 11 is 1.49. The molecule has 1 spiro atoms. The summed E-state index contributed by atoms with van der Waals surface area (Å²) < 4.78 is 16.9. The summed E-state index contributed by atoms with van der Waals surface area (Å²) in [5.41, 5.74) is 9.49. The fraction of sp³-hybridized carbons (Fsp3) is 0.517.